The Kier molecular flexibility index (Phi) is 2.97. The van der Waals surface area contributed by atoms with E-state index in [9.17, 15) is 4.79 Å². The zero-order valence-electron chi connectivity index (χ0n) is 8.64. The second-order valence-electron chi connectivity index (χ2n) is 3.35. The predicted octanol–water partition coefficient (Wildman–Crippen LogP) is 2.92. The van der Waals surface area contributed by atoms with Crippen LogP contribution in [0.4, 0.5) is 0 Å². The fourth-order valence-electron chi connectivity index (χ4n) is 1.54. The number of carbonyl (C=O) groups excluding carboxylic acids is 1. The number of carbonyl (C=O) groups is 1. The Labute approximate surface area is 98.1 Å². The van der Waals surface area contributed by atoms with Gasteiger partial charge in [0.05, 0.1) is 5.69 Å². The molecular formula is C12H9ClN2O. The summed E-state index contributed by atoms with van der Waals surface area (Å²) in [4.78, 5) is 18.8. The minimum atomic E-state index is 0.202. The van der Waals surface area contributed by atoms with E-state index in [1.54, 1.807) is 18.3 Å². The molecule has 1 aromatic heterocycles. The lowest BCUT2D eigenvalue weighted by Crippen LogP contribution is -1.93. The molecule has 0 N–H and O–H groups in total. The second-order valence-corrected chi connectivity index (χ2v) is 3.69. The van der Waals surface area contributed by atoms with Crippen LogP contribution in [0.1, 0.15) is 15.9 Å². The number of aldehydes is 1. The number of nitrogens with zero attached hydrogens (tertiary/aromatic N) is 2. The highest BCUT2D eigenvalue weighted by atomic mass is 35.5. The number of rotatable bonds is 2. The third-order valence-corrected chi connectivity index (χ3v) is 2.59. The molecule has 0 radical (unpaired) electrons. The van der Waals surface area contributed by atoms with Gasteiger partial charge in [-0.25, -0.2) is 9.97 Å². The Morgan fingerprint density at radius 3 is 2.81 bits per heavy atom. The molecule has 0 fully saturated rings. The maximum Gasteiger partial charge on any atom is 0.222 e. The standard InChI is InChI=1S/C12H9ClN2O/c1-8-9(7-16)3-2-4-10(8)11-5-6-14-12(13)15-11/h2-7H,1H3. The molecule has 4 heteroatoms. The van der Waals surface area contributed by atoms with Crippen molar-refractivity contribution >= 4 is 17.9 Å². The molecule has 0 bridgehead atoms. The quantitative estimate of drug-likeness (QED) is 0.591. The molecule has 0 atom stereocenters. The summed E-state index contributed by atoms with van der Waals surface area (Å²) in [7, 11) is 0. The highest BCUT2D eigenvalue weighted by molar-refractivity contribution is 6.28. The summed E-state index contributed by atoms with van der Waals surface area (Å²) < 4.78 is 0. The summed E-state index contributed by atoms with van der Waals surface area (Å²) in [6.45, 7) is 1.88. The first kappa shape index (κ1) is 10.8. The van der Waals surface area contributed by atoms with Crippen LogP contribution in [0.3, 0.4) is 0 Å². The lowest BCUT2D eigenvalue weighted by atomic mass is 10.0. The molecule has 2 rings (SSSR count). The lowest BCUT2D eigenvalue weighted by molar-refractivity contribution is 0.112. The van der Waals surface area contributed by atoms with Crippen LogP contribution in [0.2, 0.25) is 5.28 Å². The number of hydrogen-bond donors (Lipinski definition) is 0. The highest BCUT2D eigenvalue weighted by Crippen LogP contribution is 2.23. The molecule has 0 aliphatic rings. The largest absolute Gasteiger partial charge is 0.298 e. The van der Waals surface area contributed by atoms with E-state index < -0.39 is 0 Å². The van der Waals surface area contributed by atoms with E-state index in [1.807, 2.05) is 19.1 Å². The van der Waals surface area contributed by atoms with E-state index >= 15 is 0 Å². The summed E-state index contributed by atoms with van der Waals surface area (Å²) in [5.41, 5.74) is 3.18. The van der Waals surface area contributed by atoms with Gasteiger partial charge < -0.3 is 0 Å². The van der Waals surface area contributed by atoms with Gasteiger partial charge in [-0.05, 0) is 30.2 Å². The maximum absolute atomic E-state index is 10.8. The molecular weight excluding hydrogens is 224 g/mol. The summed E-state index contributed by atoms with van der Waals surface area (Å²) in [5, 5.41) is 0.202. The van der Waals surface area contributed by atoms with Crippen molar-refractivity contribution in [1.82, 2.24) is 9.97 Å². The van der Waals surface area contributed by atoms with Gasteiger partial charge in [0, 0.05) is 17.3 Å². The van der Waals surface area contributed by atoms with Crippen molar-refractivity contribution in [3.05, 3.63) is 46.9 Å². The van der Waals surface area contributed by atoms with Crippen LogP contribution in [0.25, 0.3) is 11.3 Å². The molecule has 1 aromatic carbocycles. The van der Waals surface area contributed by atoms with Crippen molar-refractivity contribution in [3.63, 3.8) is 0 Å². The molecule has 0 saturated carbocycles. The van der Waals surface area contributed by atoms with Gasteiger partial charge in [0.15, 0.2) is 0 Å². The Morgan fingerprint density at radius 2 is 2.12 bits per heavy atom. The molecule has 0 unspecified atom stereocenters. The zero-order chi connectivity index (χ0) is 11.5. The zero-order valence-corrected chi connectivity index (χ0v) is 9.40. The van der Waals surface area contributed by atoms with E-state index in [2.05, 4.69) is 9.97 Å². The Morgan fingerprint density at radius 1 is 1.31 bits per heavy atom. The van der Waals surface area contributed by atoms with Crippen molar-refractivity contribution < 1.29 is 4.79 Å². The van der Waals surface area contributed by atoms with Crippen molar-refractivity contribution in [2.24, 2.45) is 0 Å². The van der Waals surface area contributed by atoms with Crippen molar-refractivity contribution in [2.45, 2.75) is 6.92 Å². The van der Waals surface area contributed by atoms with Crippen molar-refractivity contribution in [2.75, 3.05) is 0 Å². The summed E-state index contributed by atoms with van der Waals surface area (Å²) in [6, 6.07) is 7.26. The minimum absolute atomic E-state index is 0.202. The van der Waals surface area contributed by atoms with Gasteiger partial charge in [-0.15, -0.1) is 0 Å². The van der Waals surface area contributed by atoms with Crippen LogP contribution in [0.5, 0.6) is 0 Å². The Bertz CT molecular complexity index is 540. The SMILES string of the molecule is Cc1c(C=O)cccc1-c1ccnc(Cl)n1. The van der Waals surface area contributed by atoms with Crippen LogP contribution < -0.4 is 0 Å². The minimum Gasteiger partial charge on any atom is -0.298 e. The van der Waals surface area contributed by atoms with E-state index in [4.69, 9.17) is 11.6 Å². The smallest absolute Gasteiger partial charge is 0.222 e. The molecule has 3 nitrogen and oxygen atoms in total. The van der Waals surface area contributed by atoms with Gasteiger partial charge in [-0.2, -0.15) is 0 Å². The van der Waals surface area contributed by atoms with E-state index in [0.717, 1.165) is 23.1 Å². The van der Waals surface area contributed by atoms with Crippen molar-refractivity contribution in [3.8, 4) is 11.3 Å². The van der Waals surface area contributed by atoms with Crippen LogP contribution in [0.15, 0.2) is 30.5 Å². The second kappa shape index (κ2) is 4.41. The fraction of sp³-hybridized carbons (Fsp3) is 0.0833. The molecule has 80 valence electrons. The van der Waals surface area contributed by atoms with E-state index in [1.165, 1.54) is 0 Å². The summed E-state index contributed by atoms with van der Waals surface area (Å²) >= 11 is 5.73. The maximum atomic E-state index is 10.8. The first-order valence-electron chi connectivity index (χ1n) is 4.76. The summed E-state index contributed by atoms with van der Waals surface area (Å²) in [5.74, 6) is 0. The molecule has 0 spiro atoms. The van der Waals surface area contributed by atoms with E-state index in [0.29, 0.717) is 5.56 Å². The van der Waals surface area contributed by atoms with Gasteiger partial charge in [0.25, 0.3) is 0 Å². The number of aromatic nitrogens is 2. The first-order chi connectivity index (χ1) is 7.72. The van der Waals surface area contributed by atoms with Gasteiger partial charge in [-0.1, -0.05) is 18.2 Å². The van der Waals surface area contributed by atoms with Gasteiger partial charge in [-0.3, -0.25) is 4.79 Å². The molecule has 2 aromatic rings. The predicted molar refractivity (Wildman–Crippen MR) is 62.6 cm³/mol. The monoisotopic (exact) mass is 232 g/mol. The molecule has 1 heterocycles. The molecule has 0 aliphatic carbocycles. The fourth-order valence-corrected chi connectivity index (χ4v) is 1.69. The molecule has 0 aliphatic heterocycles. The van der Waals surface area contributed by atoms with Crippen LogP contribution in [-0.4, -0.2) is 16.3 Å². The molecule has 0 amide bonds. The molecule has 0 saturated heterocycles. The highest BCUT2D eigenvalue weighted by Gasteiger charge is 2.07. The Hall–Kier alpha value is -1.74. The van der Waals surface area contributed by atoms with E-state index in [-0.39, 0.29) is 5.28 Å². The molecule has 16 heavy (non-hydrogen) atoms. The normalized spacial score (nSPS) is 10.1. The van der Waals surface area contributed by atoms with Gasteiger partial charge in [0.2, 0.25) is 5.28 Å². The number of benzene rings is 1. The van der Waals surface area contributed by atoms with Gasteiger partial charge >= 0.3 is 0 Å². The van der Waals surface area contributed by atoms with Gasteiger partial charge in [0.1, 0.15) is 6.29 Å². The first-order valence-corrected chi connectivity index (χ1v) is 5.14. The third-order valence-electron chi connectivity index (χ3n) is 2.40. The number of hydrogen-bond acceptors (Lipinski definition) is 3. The van der Waals surface area contributed by atoms with Crippen LogP contribution in [-0.2, 0) is 0 Å². The topological polar surface area (TPSA) is 42.9 Å². The Balaban J connectivity index is 2.60. The van der Waals surface area contributed by atoms with Crippen LogP contribution in [0, 0.1) is 6.92 Å². The number of halogens is 1. The third kappa shape index (κ3) is 1.95. The van der Waals surface area contributed by atoms with Crippen molar-refractivity contribution in [1.29, 1.82) is 0 Å². The average Bonchev–Trinajstić information content (AvgIpc) is 2.29. The average molecular weight is 233 g/mol. The summed E-state index contributed by atoms with van der Waals surface area (Å²) in [6.07, 6.45) is 2.43. The lowest BCUT2D eigenvalue weighted by Gasteiger charge is -2.06. The van der Waals surface area contributed by atoms with Crippen LogP contribution >= 0.6 is 11.6 Å².